The van der Waals surface area contributed by atoms with Crippen molar-refractivity contribution < 1.29 is 19.4 Å². The molecule has 1 unspecified atom stereocenters. The second-order valence-corrected chi connectivity index (χ2v) is 4.70. The maximum Gasteiger partial charge on any atom is 0.338 e. The fourth-order valence-electron chi connectivity index (χ4n) is 1.62. The van der Waals surface area contributed by atoms with Crippen molar-refractivity contribution in [1.82, 2.24) is 5.32 Å². The highest BCUT2D eigenvalue weighted by Gasteiger charge is 2.30. The predicted molar refractivity (Wildman–Crippen MR) is 72.4 cm³/mol. The van der Waals surface area contributed by atoms with E-state index in [2.05, 4.69) is 10.1 Å². The Bertz CT molecular complexity index is 448. The van der Waals surface area contributed by atoms with Crippen LogP contribution in [0.2, 0.25) is 5.02 Å². The maximum absolute atomic E-state index is 11.3. The minimum atomic E-state index is -1.58. The fourth-order valence-corrected chi connectivity index (χ4v) is 1.86. The Hall–Kier alpha value is -1.30. The van der Waals surface area contributed by atoms with E-state index in [1.54, 1.807) is 25.3 Å². The van der Waals surface area contributed by atoms with Crippen molar-refractivity contribution in [3.63, 3.8) is 0 Å². The van der Waals surface area contributed by atoms with Gasteiger partial charge >= 0.3 is 5.97 Å². The zero-order valence-corrected chi connectivity index (χ0v) is 12.0. The van der Waals surface area contributed by atoms with Crippen molar-refractivity contribution in [3.05, 3.63) is 28.8 Å². The fraction of sp³-hybridized carbons (Fsp3) is 0.462. The molecule has 0 aliphatic carbocycles. The Morgan fingerprint density at radius 1 is 1.47 bits per heavy atom. The summed E-state index contributed by atoms with van der Waals surface area (Å²) in [6.07, 6.45) is 0. The number of benzene rings is 1. The Morgan fingerprint density at radius 3 is 2.74 bits per heavy atom. The molecule has 1 atom stereocenters. The van der Waals surface area contributed by atoms with Gasteiger partial charge in [0.25, 0.3) is 0 Å². The molecule has 0 aliphatic rings. The number of carbonyl (C=O) groups is 1. The molecule has 0 fully saturated rings. The van der Waals surface area contributed by atoms with Crippen LogP contribution in [0.3, 0.4) is 0 Å². The third-order valence-electron chi connectivity index (χ3n) is 2.69. The first-order valence-electron chi connectivity index (χ1n) is 5.75. The van der Waals surface area contributed by atoms with Gasteiger partial charge in [-0.1, -0.05) is 17.7 Å². The van der Waals surface area contributed by atoms with Crippen LogP contribution >= 0.6 is 11.6 Å². The first kappa shape index (κ1) is 15.8. The van der Waals surface area contributed by atoms with Crippen LogP contribution in [-0.2, 0) is 16.1 Å². The van der Waals surface area contributed by atoms with Gasteiger partial charge in [-0.15, -0.1) is 0 Å². The standard InChI is InChI=1S/C13H18ClNO4/c1-13(17,12(16)19-3)8-15-7-9-10(14)5-4-6-11(9)18-2/h4-6,15,17H,7-8H2,1-3H3. The summed E-state index contributed by atoms with van der Waals surface area (Å²) in [6, 6.07) is 5.33. The number of methoxy groups -OCH3 is 2. The van der Waals surface area contributed by atoms with E-state index in [1.165, 1.54) is 14.0 Å². The maximum atomic E-state index is 11.3. The Kier molecular flexibility index (Phi) is 5.60. The summed E-state index contributed by atoms with van der Waals surface area (Å²) in [5, 5.41) is 13.4. The van der Waals surface area contributed by atoms with Crippen molar-refractivity contribution in [3.8, 4) is 5.75 Å². The first-order chi connectivity index (χ1) is 8.92. The summed E-state index contributed by atoms with van der Waals surface area (Å²) in [7, 11) is 2.79. The van der Waals surface area contributed by atoms with E-state index >= 15 is 0 Å². The predicted octanol–water partition coefficient (Wildman–Crippen LogP) is 1.36. The first-order valence-corrected chi connectivity index (χ1v) is 6.13. The van der Waals surface area contributed by atoms with Gasteiger partial charge in [-0.3, -0.25) is 0 Å². The molecule has 0 spiro atoms. The van der Waals surface area contributed by atoms with Gasteiger partial charge in [0.05, 0.1) is 14.2 Å². The van der Waals surface area contributed by atoms with Gasteiger partial charge in [0.15, 0.2) is 5.60 Å². The smallest absolute Gasteiger partial charge is 0.338 e. The Labute approximate surface area is 117 Å². The van der Waals surface area contributed by atoms with Crippen LogP contribution in [0, 0.1) is 0 Å². The zero-order valence-electron chi connectivity index (χ0n) is 11.2. The van der Waals surface area contributed by atoms with E-state index in [1.807, 2.05) is 0 Å². The quantitative estimate of drug-likeness (QED) is 0.774. The SMILES string of the molecule is COC(=O)C(C)(O)CNCc1c(Cl)cccc1OC. The highest BCUT2D eigenvalue weighted by molar-refractivity contribution is 6.31. The molecule has 0 aliphatic heterocycles. The normalized spacial score (nSPS) is 13.7. The van der Waals surface area contributed by atoms with E-state index in [-0.39, 0.29) is 6.54 Å². The lowest BCUT2D eigenvalue weighted by molar-refractivity contribution is -0.159. The number of carbonyl (C=O) groups excluding carboxylic acids is 1. The van der Waals surface area contributed by atoms with Crippen LogP contribution in [0.1, 0.15) is 12.5 Å². The van der Waals surface area contributed by atoms with Crippen molar-refractivity contribution in [2.45, 2.75) is 19.1 Å². The molecule has 0 saturated carbocycles. The summed E-state index contributed by atoms with van der Waals surface area (Å²) in [4.78, 5) is 11.3. The number of halogens is 1. The third kappa shape index (κ3) is 4.09. The summed E-state index contributed by atoms with van der Waals surface area (Å²) in [6.45, 7) is 1.81. The van der Waals surface area contributed by atoms with E-state index in [9.17, 15) is 9.90 Å². The molecule has 106 valence electrons. The molecule has 1 aromatic rings. The molecule has 5 nitrogen and oxygen atoms in total. The molecule has 0 radical (unpaired) electrons. The van der Waals surface area contributed by atoms with Crippen LogP contribution in [0.4, 0.5) is 0 Å². The van der Waals surface area contributed by atoms with Gasteiger partial charge in [-0.05, 0) is 19.1 Å². The average molecular weight is 288 g/mol. The van der Waals surface area contributed by atoms with Crippen LogP contribution in [0.25, 0.3) is 0 Å². The van der Waals surface area contributed by atoms with Crippen molar-refractivity contribution >= 4 is 17.6 Å². The largest absolute Gasteiger partial charge is 0.496 e. The van der Waals surface area contributed by atoms with Crippen molar-refractivity contribution in [2.24, 2.45) is 0 Å². The van der Waals surface area contributed by atoms with E-state index < -0.39 is 11.6 Å². The molecule has 0 heterocycles. The molecule has 19 heavy (non-hydrogen) atoms. The molecule has 1 rings (SSSR count). The second-order valence-electron chi connectivity index (χ2n) is 4.29. The lowest BCUT2D eigenvalue weighted by Crippen LogP contribution is -2.45. The van der Waals surface area contributed by atoms with Crippen molar-refractivity contribution in [1.29, 1.82) is 0 Å². The van der Waals surface area contributed by atoms with E-state index in [4.69, 9.17) is 16.3 Å². The van der Waals surface area contributed by atoms with Gasteiger partial charge in [0, 0.05) is 23.7 Å². The summed E-state index contributed by atoms with van der Waals surface area (Å²) >= 11 is 6.07. The summed E-state index contributed by atoms with van der Waals surface area (Å²) < 4.78 is 9.71. The molecule has 2 N–H and O–H groups in total. The number of esters is 1. The highest BCUT2D eigenvalue weighted by Crippen LogP contribution is 2.25. The molecule has 1 aromatic carbocycles. The molecule has 6 heteroatoms. The van der Waals surface area contributed by atoms with Crippen LogP contribution < -0.4 is 10.1 Å². The second kappa shape index (κ2) is 6.75. The molecular weight excluding hydrogens is 270 g/mol. The minimum absolute atomic E-state index is 0.0497. The number of hydrogen-bond acceptors (Lipinski definition) is 5. The number of ether oxygens (including phenoxy) is 2. The lowest BCUT2D eigenvalue weighted by atomic mass is 10.1. The van der Waals surface area contributed by atoms with Crippen LogP contribution in [-0.4, -0.2) is 37.4 Å². The third-order valence-corrected chi connectivity index (χ3v) is 3.05. The van der Waals surface area contributed by atoms with Gasteiger partial charge in [-0.25, -0.2) is 4.79 Å². The molecule has 0 amide bonds. The molecule has 0 bridgehead atoms. The monoisotopic (exact) mass is 287 g/mol. The van der Waals surface area contributed by atoms with E-state index in [0.29, 0.717) is 17.3 Å². The molecule has 0 aromatic heterocycles. The lowest BCUT2D eigenvalue weighted by Gasteiger charge is -2.21. The number of aliphatic hydroxyl groups is 1. The van der Waals surface area contributed by atoms with Gasteiger partial charge in [0.2, 0.25) is 0 Å². The topological polar surface area (TPSA) is 67.8 Å². The van der Waals surface area contributed by atoms with Gasteiger partial charge in [-0.2, -0.15) is 0 Å². The number of nitrogens with one attached hydrogen (secondary N) is 1. The van der Waals surface area contributed by atoms with Crippen molar-refractivity contribution in [2.75, 3.05) is 20.8 Å². The average Bonchev–Trinajstić information content (AvgIpc) is 2.39. The highest BCUT2D eigenvalue weighted by atomic mass is 35.5. The summed E-state index contributed by atoms with van der Waals surface area (Å²) in [5.74, 6) is -0.0381. The molecular formula is C13H18ClNO4. The Morgan fingerprint density at radius 2 is 2.16 bits per heavy atom. The molecule has 0 saturated heterocycles. The number of hydrogen-bond donors (Lipinski definition) is 2. The number of rotatable bonds is 6. The van der Waals surface area contributed by atoms with Crippen LogP contribution in [0.15, 0.2) is 18.2 Å². The van der Waals surface area contributed by atoms with Gasteiger partial charge < -0.3 is 19.9 Å². The van der Waals surface area contributed by atoms with E-state index in [0.717, 1.165) is 5.56 Å². The van der Waals surface area contributed by atoms with Crippen LogP contribution in [0.5, 0.6) is 5.75 Å². The zero-order chi connectivity index (χ0) is 14.5. The summed E-state index contributed by atoms with van der Waals surface area (Å²) in [5.41, 5.74) is -0.809. The van der Waals surface area contributed by atoms with Gasteiger partial charge in [0.1, 0.15) is 5.75 Å². The minimum Gasteiger partial charge on any atom is -0.496 e. The Balaban J connectivity index is 2.66.